The number of amides is 2. The molecule has 0 bridgehead atoms. The second kappa shape index (κ2) is 9.87. The third kappa shape index (κ3) is 5.58. The Bertz CT molecular complexity index is 945. The predicted molar refractivity (Wildman–Crippen MR) is 119 cm³/mol. The molecule has 0 radical (unpaired) electrons. The van der Waals surface area contributed by atoms with Gasteiger partial charge in [0.05, 0.1) is 17.8 Å². The molecule has 1 fully saturated rings. The van der Waals surface area contributed by atoms with Crippen LogP contribution in [0.3, 0.4) is 0 Å². The Morgan fingerprint density at radius 1 is 1.10 bits per heavy atom. The molecule has 3 unspecified atom stereocenters. The van der Waals surface area contributed by atoms with Crippen molar-refractivity contribution >= 4 is 30.4 Å². The average Bonchev–Trinajstić information content (AvgIpc) is 3.19. The predicted octanol–water partition coefficient (Wildman–Crippen LogP) is 2.47. The van der Waals surface area contributed by atoms with Crippen LogP contribution in [0.5, 0.6) is 5.75 Å². The van der Waals surface area contributed by atoms with E-state index in [9.17, 15) is 24.6 Å². The highest BCUT2D eigenvalue weighted by Crippen LogP contribution is 2.36. The maximum absolute atomic E-state index is 12.9. The lowest BCUT2D eigenvalue weighted by Crippen LogP contribution is -2.47. The Labute approximate surface area is 186 Å². The van der Waals surface area contributed by atoms with E-state index in [1.807, 2.05) is 31.2 Å². The first-order valence-electron chi connectivity index (χ1n) is 10.1. The van der Waals surface area contributed by atoms with Crippen molar-refractivity contribution in [1.29, 1.82) is 0 Å². The number of carbonyl (C=O) groups is 3. The lowest BCUT2D eigenvalue weighted by atomic mass is 10.0. The summed E-state index contributed by atoms with van der Waals surface area (Å²) in [5.41, 5.74) is 2.78. The zero-order valence-electron chi connectivity index (χ0n) is 17.2. The van der Waals surface area contributed by atoms with Crippen LogP contribution in [0, 0.1) is 6.92 Å². The molecule has 0 saturated carbocycles. The number of nitrogens with zero attached hydrogens (tertiary/aromatic N) is 1. The standard InChI is InChI=1S/C23H26N2O5S/c1-14-2-6-16(7-3-14)18-10-11-19(23(29)30)25(18)21(27)13-24-22(28)20(31)12-15-4-8-17(26)9-5-15/h2-9,18-20,26,31H,10-13H2,1H3,(H,24,28)(H,29,30). The summed E-state index contributed by atoms with van der Waals surface area (Å²) in [5.74, 6) is -1.76. The number of aromatic hydroxyl groups is 1. The van der Waals surface area contributed by atoms with Gasteiger partial charge in [-0.15, -0.1) is 0 Å². The maximum atomic E-state index is 12.9. The SMILES string of the molecule is Cc1ccc(C2CCC(C(=O)O)N2C(=O)CNC(=O)C(S)Cc2ccc(O)cc2)cc1. The van der Waals surface area contributed by atoms with Gasteiger partial charge >= 0.3 is 5.97 Å². The summed E-state index contributed by atoms with van der Waals surface area (Å²) in [4.78, 5) is 38.4. The minimum Gasteiger partial charge on any atom is -0.508 e. The number of phenolic OH excluding ortho intramolecular Hbond substituents is 1. The molecule has 7 nitrogen and oxygen atoms in total. The monoisotopic (exact) mass is 442 g/mol. The highest BCUT2D eigenvalue weighted by molar-refractivity contribution is 7.81. The number of likely N-dealkylation sites (tertiary alicyclic amines) is 1. The van der Waals surface area contributed by atoms with Gasteiger partial charge in [0.1, 0.15) is 11.8 Å². The minimum atomic E-state index is -1.05. The number of phenols is 1. The van der Waals surface area contributed by atoms with Crippen molar-refractivity contribution in [3.8, 4) is 5.75 Å². The zero-order chi connectivity index (χ0) is 22.5. The van der Waals surface area contributed by atoms with Gasteiger partial charge in [0.15, 0.2) is 0 Å². The fourth-order valence-corrected chi connectivity index (χ4v) is 4.14. The van der Waals surface area contributed by atoms with E-state index < -0.39 is 29.1 Å². The van der Waals surface area contributed by atoms with Crippen LogP contribution in [0.25, 0.3) is 0 Å². The van der Waals surface area contributed by atoms with E-state index in [-0.39, 0.29) is 18.3 Å². The number of nitrogens with one attached hydrogen (secondary N) is 1. The maximum Gasteiger partial charge on any atom is 0.326 e. The fourth-order valence-electron chi connectivity index (χ4n) is 3.84. The van der Waals surface area contributed by atoms with Crippen molar-refractivity contribution in [3.63, 3.8) is 0 Å². The first kappa shape index (κ1) is 22.7. The molecule has 2 amide bonds. The molecule has 3 rings (SSSR count). The summed E-state index contributed by atoms with van der Waals surface area (Å²) in [6, 6.07) is 12.9. The van der Waals surface area contributed by atoms with Gasteiger partial charge in [-0.05, 0) is 49.4 Å². The normalized spacial score (nSPS) is 19.1. The molecule has 1 saturated heterocycles. The molecular weight excluding hydrogens is 416 g/mol. The van der Waals surface area contributed by atoms with E-state index in [0.717, 1.165) is 16.7 Å². The van der Waals surface area contributed by atoms with Crippen LogP contribution in [0.1, 0.15) is 35.6 Å². The van der Waals surface area contributed by atoms with Gasteiger partial charge in [0.2, 0.25) is 11.8 Å². The van der Waals surface area contributed by atoms with Crippen LogP contribution in [0.15, 0.2) is 48.5 Å². The molecule has 3 atom stereocenters. The number of carbonyl (C=O) groups excluding carboxylic acids is 2. The molecule has 1 heterocycles. The molecule has 1 aliphatic rings. The molecule has 164 valence electrons. The molecular formula is C23H26N2O5S. The summed E-state index contributed by atoms with van der Waals surface area (Å²) in [7, 11) is 0. The van der Waals surface area contributed by atoms with Gasteiger partial charge in [0, 0.05) is 0 Å². The lowest BCUT2D eigenvalue weighted by molar-refractivity contribution is -0.149. The zero-order valence-corrected chi connectivity index (χ0v) is 18.1. The van der Waals surface area contributed by atoms with Crippen LogP contribution in [-0.2, 0) is 20.8 Å². The van der Waals surface area contributed by atoms with Crippen LogP contribution in [0.4, 0.5) is 0 Å². The van der Waals surface area contributed by atoms with E-state index in [1.54, 1.807) is 12.1 Å². The molecule has 0 aliphatic carbocycles. The summed E-state index contributed by atoms with van der Waals surface area (Å²) >= 11 is 4.32. The summed E-state index contributed by atoms with van der Waals surface area (Å²) < 4.78 is 0. The summed E-state index contributed by atoms with van der Waals surface area (Å²) in [6.45, 7) is 1.67. The molecule has 0 spiro atoms. The molecule has 1 aliphatic heterocycles. The van der Waals surface area contributed by atoms with Crippen LogP contribution < -0.4 is 5.32 Å². The van der Waals surface area contributed by atoms with E-state index in [2.05, 4.69) is 17.9 Å². The first-order valence-corrected chi connectivity index (χ1v) is 10.6. The summed E-state index contributed by atoms with van der Waals surface area (Å²) in [6.07, 6.45) is 1.25. The largest absolute Gasteiger partial charge is 0.508 e. The lowest BCUT2D eigenvalue weighted by Gasteiger charge is -2.29. The second-order valence-corrected chi connectivity index (χ2v) is 8.39. The van der Waals surface area contributed by atoms with Crippen molar-refractivity contribution in [1.82, 2.24) is 10.2 Å². The van der Waals surface area contributed by atoms with Gasteiger partial charge in [-0.25, -0.2) is 4.79 Å². The number of thiol groups is 1. The molecule has 0 aromatic heterocycles. The number of carboxylic acids is 1. The van der Waals surface area contributed by atoms with Crippen molar-refractivity contribution in [2.24, 2.45) is 0 Å². The van der Waals surface area contributed by atoms with Crippen LogP contribution in [-0.4, -0.2) is 50.7 Å². The third-order valence-corrected chi connectivity index (χ3v) is 5.92. The van der Waals surface area contributed by atoms with E-state index in [4.69, 9.17) is 0 Å². The Morgan fingerprint density at radius 3 is 2.35 bits per heavy atom. The van der Waals surface area contributed by atoms with Gasteiger partial charge in [-0.2, -0.15) is 12.6 Å². The van der Waals surface area contributed by atoms with E-state index >= 15 is 0 Å². The van der Waals surface area contributed by atoms with Crippen LogP contribution in [0.2, 0.25) is 0 Å². The molecule has 2 aromatic rings. The Kier molecular flexibility index (Phi) is 7.22. The smallest absolute Gasteiger partial charge is 0.326 e. The number of hydrogen-bond acceptors (Lipinski definition) is 5. The minimum absolute atomic E-state index is 0.135. The highest BCUT2D eigenvalue weighted by atomic mass is 32.1. The van der Waals surface area contributed by atoms with Crippen molar-refractivity contribution in [2.45, 2.75) is 43.5 Å². The van der Waals surface area contributed by atoms with Gasteiger partial charge in [-0.1, -0.05) is 42.0 Å². The number of rotatable bonds is 7. The molecule has 3 N–H and O–H groups in total. The number of benzene rings is 2. The highest BCUT2D eigenvalue weighted by Gasteiger charge is 2.41. The van der Waals surface area contributed by atoms with Gasteiger partial charge in [-0.3, -0.25) is 9.59 Å². The molecule has 8 heteroatoms. The average molecular weight is 443 g/mol. The fraction of sp³-hybridized carbons (Fsp3) is 0.348. The molecule has 2 aromatic carbocycles. The van der Waals surface area contributed by atoms with Crippen LogP contribution >= 0.6 is 12.6 Å². The Balaban J connectivity index is 1.64. The first-order chi connectivity index (χ1) is 14.8. The Morgan fingerprint density at radius 2 is 1.74 bits per heavy atom. The second-order valence-electron chi connectivity index (χ2n) is 7.76. The quantitative estimate of drug-likeness (QED) is 0.493. The number of hydrogen-bond donors (Lipinski definition) is 4. The summed E-state index contributed by atoms with van der Waals surface area (Å²) in [5, 5.41) is 20.8. The van der Waals surface area contributed by atoms with Gasteiger partial charge < -0.3 is 20.4 Å². The number of carboxylic acid groups (broad SMARTS) is 1. The van der Waals surface area contributed by atoms with Crippen molar-refractivity contribution < 1.29 is 24.6 Å². The topological polar surface area (TPSA) is 107 Å². The van der Waals surface area contributed by atoms with Crippen molar-refractivity contribution in [2.75, 3.05) is 6.54 Å². The van der Waals surface area contributed by atoms with E-state index in [1.165, 1.54) is 17.0 Å². The molecule has 31 heavy (non-hydrogen) atoms. The van der Waals surface area contributed by atoms with E-state index in [0.29, 0.717) is 19.3 Å². The van der Waals surface area contributed by atoms with Crippen molar-refractivity contribution in [3.05, 3.63) is 65.2 Å². The third-order valence-electron chi connectivity index (χ3n) is 5.50. The van der Waals surface area contributed by atoms with Gasteiger partial charge in [0.25, 0.3) is 0 Å². The number of aryl methyl sites for hydroxylation is 1. The number of aliphatic carboxylic acids is 1. The Hall–Kier alpha value is -3.00.